The van der Waals surface area contributed by atoms with E-state index in [4.69, 9.17) is 5.41 Å². The summed E-state index contributed by atoms with van der Waals surface area (Å²) in [4.78, 5) is 13.8. The molecule has 1 heterocycles. The molecule has 2 amide bonds. The fraction of sp³-hybridized carbons (Fsp3) is 0.733. The summed E-state index contributed by atoms with van der Waals surface area (Å²) in [5, 5.41) is 10.9. The van der Waals surface area contributed by atoms with Gasteiger partial charge in [-0.3, -0.25) is 10.7 Å². The van der Waals surface area contributed by atoms with E-state index in [1.807, 2.05) is 4.90 Å². The molecule has 2 aliphatic rings. The van der Waals surface area contributed by atoms with Crippen LogP contribution in [0.5, 0.6) is 0 Å². The maximum Gasteiger partial charge on any atom is 0.323 e. The summed E-state index contributed by atoms with van der Waals surface area (Å²) in [5.74, 6) is 1.79. The third-order valence-corrected chi connectivity index (χ3v) is 4.81. The van der Waals surface area contributed by atoms with Gasteiger partial charge in [0.1, 0.15) is 11.4 Å². The standard InChI is InChI=1S/C15H25N3O/c1-4-10-18-14(19)17-13(16)15(18)8-5-6-12(7-9-15)11(2)3/h4,11-12H,1,5-10H2,2-3H3,(H2,16,17,19). The third-order valence-electron chi connectivity index (χ3n) is 4.81. The molecule has 2 fully saturated rings. The van der Waals surface area contributed by atoms with Crippen molar-refractivity contribution in [1.29, 1.82) is 5.41 Å². The van der Waals surface area contributed by atoms with Gasteiger partial charge in [0, 0.05) is 6.54 Å². The van der Waals surface area contributed by atoms with Gasteiger partial charge in [-0.1, -0.05) is 32.8 Å². The number of carbonyl (C=O) groups is 1. The normalized spacial score (nSPS) is 31.7. The van der Waals surface area contributed by atoms with Crippen LogP contribution >= 0.6 is 0 Å². The fourth-order valence-corrected chi connectivity index (χ4v) is 3.54. The highest BCUT2D eigenvalue weighted by molar-refractivity contribution is 6.08. The lowest BCUT2D eigenvalue weighted by Crippen LogP contribution is -2.49. The maximum absolute atomic E-state index is 12.0. The van der Waals surface area contributed by atoms with Gasteiger partial charge in [-0.25, -0.2) is 4.79 Å². The Hall–Kier alpha value is -1.32. The van der Waals surface area contributed by atoms with Gasteiger partial charge in [0.15, 0.2) is 0 Å². The number of rotatable bonds is 3. The van der Waals surface area contributed by atoms with Crippen molar-refractivity contribution in [3.05, 3.63) is 12.7 Å². The van der Waals surface area contributed by atoms with Gasteiger partial charge in [-0.15, -0.1) is 6.58 Å². The minimum absolute atomic E-state index is 0.132. The molecule has 2 rings (SSSR count). The molecule has 2 N–H and O–H groups in total. The van der Waals surface area contributed by atoms with E-state index in [-0.39, 0.29) is 6.03 Å². The molecule has 4 heteroatoms. The first-order chi connectivity index (χ1) is 9.01. The lowest BCUT2D eigenvalue weighted by molar-refractivity contribution is 0.170. The molecule has 19 heavy (non-hydrogen) atoms. The molecule has 1 aliphatic heterocycles. The first kappa shape index (κ1) is 14.1. The molecule has 106 valence electrons. The Morgan fingerprint density at radius 3 is 2.89 bits per heavy atom. The highest BCUT2D eigenvalue weighted by Crippen LogP contribution is 2.39. The molecule has 1 spiro atoms. The van der Waals surface area contributed by atoms with Crippen LogP contribution in [0.25, 0.3) is 0 Å². The summed E-state index contributed by atoms with van der Waals surface area (Å²) in [5.41, 5.74) is -0.394. The third kappa shape index (κ3) is 2.40. The molecule has 0 aromatic rings. The van der Waals surface area contributed by atoms with Crippen molar-refractivity contribution in [3.8, 4) is 0 Å². The van der Waals surface area contributed by atoms with Gasteiger partial charge in [0.05, 0.1) is 0 Å². The second-order valence-electron chi connectivity index (χ2n) is 6.17. The van der Waals surface area contributed by atoms with Crippen LogP contribution in [0.3, 0.4) is 0 Å². The average Bonchev–Trinajstić information content (AvgIpc) is 2.56. The predicted molar refractivity (Wildman–Crippen MR) is 77.3 cm³/mol. The van der Waals surface area contributed by atoms with Gasteiger partial charge < -0.3 is 4.90 Å². The lowest BCUT2D eigenvalue weighted by atomic mass is 9.85. The summed E-state index contributed by atoms with van der Waals surface area (Å²) in [7, 11) is 0. The van der Waals surface area contributed by atoms with Gasteiger partial charge in [-0.2, -0.15) is 0 Å². The zero-order chi connectivity index (χ0) is 14.0. The Labute approximate surface area is 115 Å². The number of nitrogens with one attached hydrogen (secondary N) is 2. The molecule has 0 aromatic carbocycles. The van der Waals surface area contributed by atoms with Gasteiger partial charge in [0.2, 0.25) is 0 Å². The van der Waals surface area contributed by atoms with Gasteiger partial charge >= 0.3 is 6.03 Å². The van der Waals surface area contributed by atoms with E-state index in [1.165, 1.54) is 6.42 Å². The van der Waals surface area contributed by atoms with Crippen molar-refractivity contribution >= 4 is 11.9 Å². The van der Waals surface area contributed by atoms with E-state index in [0.29, 0.717) is 24.2 Å². The molecule has 0 radical (unpaired) electrons. The highest BCUT2D eigenvalue weighted by atomic mass is 16.2. The zero-order valence-corrected chi connectivity index (χ0v) is 12.0. The van der Waals surface area contributed by atoms with Crippen molar-refractivity contribution in [2.75, 3.05) is 6.54 Å². The first-order valence-electron chi connectivity index (χ1n) is 7.30. The van der Waals surface area contributed by atoms with E-state index >= 15 is 0 Å². The van der Waals surface area contributed by atoms with Gasteiger partial charge in [0.25, 0.3) is 0 Å². The Balaban J connectivity index is 2.22. The van der Waals surface area contributed by atoms with Crippen LogP contribution < -0.4 is 5.32 Å². The first-order valence-corrected chi connectivity index (χ1v) is 7.30. The molecule has 0 aromatic heterocycles. The molecule has 2 atom stereocenters. The van der Waals surface area contributed by atoms with Crippen LogP contribution in [0.1, 0.15) is 46.0 Å². The van der Waals surface area contributed by atoms with Crippen LogP contribution in [-0.2, 0) is 0 Å². The Kier molecular flexibility index (Phi) is 3.97. The molecule has 1 aliphatic carbocycles. The van der Waals surface area contributed by atoms with Crippen LogP contribution in [0, 0.1) is 17.2 Å². The molecule has 0 bridgehead atoms. The minimum Gasteiger partial charge on any atom is -0.308 e. The predicted octanol–water partition coefficient (Wildman–Crippen LogP) is 3.15. The summed E-state index contributed by atoms with van der Waals surface area (Å²) >= 11 is 0. The smallest absolute Gasteiger partial charge is 0.308 e. The van der Waals surface area contributed by atoms with E-state index < -0.39 is 5.54 Å². The van der Waals surface area contributed by atoms with Crippen LogP contribution in [-0.4, -0.2) is 28.9 Å². The maximum atomic E-state index is 12.0. The van der Waals surface area contributed by atoms with Crippen molar-refractivity contribution in [2.45, 2.75) is 51.5 Å². The van der Waals surface area contributed by atoms with Gasteiger partial charge in [-0.05, 0) is 31.1 Å². The molecule has 1 saturated carbocycles. The van der Waals surface area contributed by atoms with Crippen molar-refractivity contribution < 1.29 is 4.79 Å². The largest absolute Gasteiger partial charge is 0.323 e. The second kappa shape index (κ2) is 5.35. The Bertz CT molecular complexity index is 391. The fourth-order valence-electron chi connectivity index (χ4n) is 3.54. The van der Waals surface area contributed by atoms with E-state index in [9.17, 15) is 4.79 Å². The molecule has 2 unspecified atom stereocenters. The lowest BCUT2D eigenvalue weighted by Gasteiger charge is -2.35. The molecule has 4 nitrogen and oxygen atoms in total. The average molecular weight is 263 g/mol. The Morgan fingerprint density at radius 2 is 2.26 bits per heavy atom. The monoisotopic (exact) mass is 263 g/mol. The number of hydrogen-bond acceptors (Lipinski definition) is 2. The zero-order valence-electron chi connectivity index (χ0n) is 12.0. The van der Waals surface area contributed by atoms with Crippen LogP contribution in [0.15, 0.2) is 12.7 Å². The topological polar surface area (TPSA) is 56.2 Å². The number of amides is 2. The number of nitrogens with zero attached hydrogens (tertiary/aromatic N) is 1. The molecule has 1 saturated heterocycles. The van der Waals surface area contributed by atoms with Crippen molar-refractivity contribution in [2.24, 2.45) is 11.8 Å². The van der Waals surface area contributed by atoms with Crippen LogP contribution in [0.4, 0.5) is 4.79 Å². The summed E-state index contributed by atoms with van der Waals surface area (Å²) in [6.07, 6.45) is 6.97. The summed E-state index contributed by atoms with van der Waals surface area (Å²) in [6, 6.07) is -0.132. The highest BCUT2D eigenvalue weighted by Gasteiger charge is 2.50. The summed E-state index contributed by atoms with van der Waals surface area (Å²) in [6.45, 7) is 8.81. The quantitative estimate of drug-likeness (QED) is 0.755. The summed E-state index contributed by atoms with van der Waals surface area (Å²) < 4.78 is 0. The Morgan fingerprint density at radius 1 is 1.53 bits per heavy atom. The molecular weight excluding hydrogens is 238 g/mol. The number of urea groups is 1. The van der Waals surface area contributed by atoms with Crippen molar-refractivity contribution in [1.82, 2.24) is 10.2 Å². The number of hydrogen-bond donors (Lipinski definition) is 2. The molecular formula is C15H25N3O. The van der Waals surface area contributed by atoms with Crippen molar-refractivity contribution in [3.63, 3.8) is 0 Å². The van der Waals surface area contributed by atoms with E-state index in [0.717, 1.165) is 25.7 Å². The SMILES string of the molecule is C=CCN1C(=O)NC(=N)C12CCCC(C(C)C)CC2. The second-order valence-corrected chi connectivity index (χ2v) is 6.17. The minimum atomic E-state index is -0.394. The van der Waals surface area contributed by atoms with Crippen LogP contribution in [0.2, 0.25) is 0 Å². The van der Waals surface area contributed by atoms with E-state index in [2.05, 4.69) is 25.7 Å². The number of carbonyl (C=O) groups excluding carboxylic acids is 1. The van der Waals surface area contributed by atoms with E-state index in [1.54, 1.807) is 6.08 Å². The number of amidine groups is 1.